The van der Waals surface area contributed by atoms with Crippen LogP contribution in [0.2, 0.25) is 0 Å². The maximum Gasteiger partial charge on any atom is 0.261 e. The Morgan fingerprint density at radius 1 is 0.917 bits per heavy atom. The van der Waals surface area contributed by atoms with Crippen LogP contribution in [0.5, 0.6) is 0 Å². The minimum atomic E-state index is -3.64. The Labute approximate surface area is 143 Å². The normalized spacial score (nSPS) is 11.8. The number of rotatable bonds is 4. The molecule has 0 saturated heterocycles. The predicted molar refractivity (Wildman–Crippen MR) is 95.6 cm³/mol. The third-order valence-electron chi connectivity index (χ3n) is 3.22. The van der Waals surface area contributed by atoms with Crippen molar-refractivity contribution < 1.29 is 13.2 Å². The number of hydrogen-bond donors (Lipinski definition) is 2. The van der Waals surface area contributed by atoms with Crippen LogP contribution in [0, 0.1) is 6.92 Å². The number of carbonyl (C=O) groups is 1. The minimum Gasteiger partial charge on any atom is -0.347 e. The number of aryl methyl sites for hydroxylation is 1. The molecule has 0 bridgehead atoms. The summed E-state index contributed by atoms with van der Waals surface area (Å²) in [5, 5.41) is 2.86. The summed E-state index contributed by atoms with van der Waals surface area (Å²) in [7, 11) is -3.64. The summed E-state index contributed by atoms with van der Waals surface area (Å²) in [6, 6.07) is 12.9. The maximum atomic E-state index is 12.3. The fourth-order valence-electron chi connectivity index (χ4n) is 2.03. The van der Waals surface area contributed by atoms with Gasteiger partial charge < -0.3 is 5.32 Å². The average molecular weight is 346 g/mol. The molecule has 5 nitrogen and oxygen atoms in total. The van der Waals surface area contributed by atoms with E-state index >= 15 is 0 Å². The van der Waals surface area contributed by atoms with E-state index in [-0.39, 0.29) is 16.3 Å². The van der Waals surface area contributed by atoms with Gasteiger partial charge in [-0.05, 0) is 64.1 Å². The van der Waals surface area contributed by atoms with Gasteiger partial charge in [-0.1, -0.05) is 17.7 Å². The summed E-state index contributed by atoms with van der Waals surface area (Å²) < 4.78 is 27.2. The van der Waals surface area contributed by atoms with E-state index in [1.54, 1.807) is 48.5 Å². The fourth-order valence-corrected chi connectivity index (χ4v) is 3.09. The van der Waals surface area contributed by atoms with Gasteiger partial charge in [0.25, 0.3) is 15.9 Å². The molecule has 2 aromatic rings. The van der Waals surface area contributed by atoms with E-state index < -0.39 is 10.0 Å². The molecule has 2 aromatic carbocycles. The van der Waals surface area contributed by atoms with Crippen LogP contribution in [-0.2, 0) is 10.0 Å². The van der Waals surface area contributed by atoms with Gasteiger partial charge in [0.1, 0.15) is 0 Å². The van der Waals surface area contributed by atoms with E-state index in [1.807, 2.05) is 27.7 Å². The Morgan fingerprint density at radius 2 is 1.46 bits per heavy atom. The first-order chi connectivity index (χ1) is 11.1. The van der Waals surface area contributed by atoms with E-state index in [0.29, 0.717) is 11.3 Å². The van der Waals surface area contributed by atoms with Crippen molar-refractivity contribution in [1.82, 2.24) is 5.32 Å². The topological polar surface area (TPSA) is 75.3 Å². The molecule has 0 fully saturated rings. The van der Waals surface area contributed by atoms with Crippen LogP contribution in [0.1, 0.15) is 36.7 Å². The number of benzene rings is 2. The molecule has 0 aliphatic rings. The van der Waals surface area contributed by atoms with Crippen LogP contribution >= 0.6 is 0 Å². The van der Waals surface area contributed by atoms with Gasteiger partial charge in [-0.3, -0.25) is 9.52 Å². The molecule has 0 saturated carbocycles. The molecule has 128 valence electrons. The first-order valence-electron chi connectivity index (χ1n) is 7.59. The number of hydrogen-bond acceptors (Lipinski definition) is 3. The van der Waals surface area contributed by atoms with E-state index in [1.165, 1.54) is 0 Å². The summed E-state index contributed by atoms with van der Waals surface area (Å²) in [4.78, 5) is 12.3. The zero-order chi connectivity index (χ0) is 18.0. The zero-order valence-electron chi connectivity index (χ0n) is 14.3. The Balaban J connectivity index is 2.14. The van der Waals surface area contributed by atoms with Gasteiger partial charge in [0.2, 0.25) is 0 Å². The van der Waals surface area contributed by atoms with Crippen molar-refractivity contribution in [3.05, 3.63) is 59.7 Å². The van der Waals surface area contributed by atoms with Crippen molar-refractivity contribution in [2.75, 3.05) is 4.72 Å². The molecule has 0 atom stereocenters. The Hall–Kier alpha value is -2.34. The average Bonchev–Trinajstić information content (AvgIpc) is 2.46. The lowest BCUT2D eigenvalue weighted by Gasteiger charge is -2.20. The molecule has 0 aliphatic heterocycles. The molecule has 0 heterocycles. The van der Waals surface area contributed by atoms with Crippen LogP contribution in [0.4, 0.5) is 5.69 Å². The van der Waals surface area contributed by atoms with E-state index in [4.69, 9.17) is 0 Å². The number of nitrogens with one attached hydrogen (secondary N) is 2. The van der Waals surface area contributed by atoms with Crippen LogP contribution < -0.4 is 10.0 Å². The summed E-state index contributed by atoms with van der Waals surface area (Å²) in [6.07, 6.45) is 0. The fraction of sp³-hybridized carbons (Fsp3) is 0.278. The molecule has 0 spiro atoms. The van der Waals surface area contributed by atoms with Crippen molar-refractivity contribution in [3.63, 3.8) is 0 Å². The molecule has 0 radical (unpaired) electrons. The summed E-state index contributed by atoms with van der Waals surface area (Å²) in [6.45, 7) is 7.59. The first kappa shape index (κ1) is 18.0. The van der Waals surface area contributed by atoms with Gasteiger partial charge in [0, 0.05) is 16.8 Å². The highest BCUT2D eigenvalue weighted by Gasteiger charge is 2.16. The standard InChI is InChI=1S/C18H22N2O3S/c1-13-5-11-16(12-6-13)24(22,23)20-15-9-7-14(8-10-15)17(21)19-18(2,3)4/h5-12,20H,1-4H3,(H,19,21). The molecule has 0 aromatic heterocycles. The molecule has 1 amide bonds. The van der Waals surface area contributed by atoms with Gasteiger partial charge in [0.05, 0.1) is 4.90 Å². The van der Waals surface area contributed by atoms with Crippen molar-refractivity contribution in [2.24, 2.45) is 0 Å². The predicted octanol–water partition coefficient (Wildman–Crippen LogP) is 3.32. The molecule has 24 heavy (non-hydrogen) atoms. The molecular weight excluding hydrogens is 324 g/mol. The Bertz CT molecular complexity index is 818. The van der Waals surface area contributed by atoms with Gasteiger partial charge in [-0.15, -0.1) is 0 Å². The van der Waals surface area contributed by atoms with E-state index in [0.717, 1.165) is 5.56 Å². The quantitative estimate of drug-likeness (QED) is 0.892. The maximum absolute atomic E-state index is 12.3. The lowest BCUT2D eigenvalue weighted by atomic mass is 10.1. The smallest absolute Gasteiger partial charge is 0.261 e. The highest BCUT2D eigenvalue weighted by Crippen LogP contribution is 2.17. The van der Waals surface area contributed by atoms with E-state index in [2.05, 4.69) is 10.0 Å². The third kappa shape index (κ3) is 4.83. The van der Waals surface area contributed by atoms with Crippen molar-refractivity contribution >= 4 is 21.6 Å². The Kier molecular flexibility index (Phi) is 4.99. The monoisotopic (exact) mass is 346 g/mol. The lowest BCUT2D eigenvalue weighted by Crippen LogP contribution is -2.40. The van der Waals surface area contributed by atoms with Crippen molar-refractivity contribution in [3.8, 4) is 0 Å². The lowest BCUT2D eigenvalue weighted by molar-refractivity contribution is 0.0919. The second-order valence-electron chi connectivity index (χ2n) is 6.70. The molecule has 0 aliphatic carbocycles. The SMILES string of the molecule is Cc1ccc(S(=O)(=O)Nc2ccc(C(=O)NC(C)(C)C)cc2)cc1. The van der Waals surface area contributed by atoms with Crippen LogP contribution in [0.3, 0.4) is 0 Å². The molecule has 2 rings (SSSR count). The number of sulfonamides is 1. The highest BCUT2D eigenvalue weighted by atomic mass is 32.2. The molecular formula is C18H22N2O3S. The van der Waals surface area contributed by atoms with Gasteiger partial charge in [-0.2, -0.15) is 0 Å². The zero-order valence-corrected chi connectivity index (χ0v) is 15.1. The molecule has 0 unspecified atom stereocenters. The minimum absolute atomic E-state index is 0.197. The molecule has 6 heteroatoms. The first-order valence-corrected chi connectivity index (χ1v) is 9.07. The van der Waals surface area contributed by atoms with Gasteiger partial charge >= 0.3 is 0 Å². The second kappa shape index (κ2) is 6.65. The Morgan fingerprint density at radius 3 is 1.96 bits per heavy atom. The van der Waals surface area contributed by atoms with Crippen LogP contribution in [0.15, 0.2) is 53.4 Å². The van der Waals surface area contributed by atoms with Crippen molar-refractivity contribution in [2.45, 2.75) is 38.1 Å². The second-order valence-corrected chi connectivity index (χ2v) is 8.38. The largest absolute Gasteiger partial charge is 0.347 e. The summed E-state index contributed by atoms with van der Waals surface area (Å²) >= 11 is 0. The van der Waals surface area contributed by atoms with Crippen molar-refractivity contribution in [1.29, 1.82) is 0 Å². The van der Waals surface area contributed by atoms with Gasteiger partial charge in [0.15, 0.2) is 0 Å². The molecule has 2 N–H and O–H groups in total. The number of carbonyl (C=O) groups excluding carboxylic acids is 1. The van der Waals surface area contributed by atoms with Crippen LogP contribution in [0.25, 0.3) is 0 Å². The van der Waals surface area contributed by atoms with Gasteiger partial charge in [-0.25, -0.2) is 8.42 Å². The number of anilines is 1. The summed E-state index contributed by atoms with van der Waals surface area (Å²) in [5.74, 6) is -0.199. The third-order valence-corrected chi connectivity index (χ3v) is 4.62. The number of amides is 1. The van der Waals surface area contributed by atoms with Crippen LogP contribution in [-0.4, -0.2) is 19.9 Å². The summed E-state index contributed by atoms with van der Waals surface area (Å²) in [5.41, 5.74) is 1.54. The van der Waals surface area contributed by atoms with E-state index in [9.17, 15) is 13.2 Å². The highest BCUT2D eigenvalue weighted by molar-refractivity contribution is 7.92.